The van der Waals surface area contributed by atoms with E-state index in [9.17, 15) is 4.79 Å². The van der Waals surface area contributed by atoms with E-state index in [2.05, 4.69) is 15.5 Å². The van der Waals surface area contributed by atoms with Gasteiger partial charge in [0.15, 0.2) is 11.5 Å². The van der Waals surface area contributed by atoms with Crippen LogP contribution < -0.4 is 5.32 Å². The molecule has 0 saturated carbocycles. The summed E-state index contributed by atoms with van der Waals surface area (Å²) in [6, 6.07) is 15.4. The molecule has 7 nitrogen and oxygen atoms in total. The second-order valence-corrected chi connectivity index (χ2v) is 6.97. The van der Waals surface area contributed by atoms with Crippen molar-refractivity contribution in [3.05, 3.63) is 83.6 Å². The highest BCUT2D eigenvalue weighted by Gasteiger charge is 2.23. The van der Waals surface area contributed by atoms with Crippen LogP contribution in [0.2, 0.25) is 0 Å². The van der Waals surface area contributed by atoms with Gasteiger partial charge in [-0.05, 0) is 49.1 Å². The van der Waals surface area contributed by atoms with Crippen LogP contribution in [0, 0.1) is 0 Å². The summed E-state index contributed by atoms with van der Waals surface area (Å²) in [6.07, 6.45) is 6.45. The SMILES string of the molecule is O=C(NCc1nn(-c2ccccc2)c2c1CCC2)c1cc(-c2cccnc2)on1. The van der Waals surface area contributed by atoms with Crippen molar-refractivity contribution in [1.29, 1.82) is 0 Å². The zero-order valence-corrected chi connectivity index (χ0v) is 15.7. The average Bonchev–Trinajstić information content (AvgIpc) is 3.50. The minimum atomic E-state index is -0.287. The van der Waals surface area contributed by atoms with Crippen LogP contribution in [0.4, 0.5) is 0 Å². The summed E-state index contributed by atoms with van der Waals surface area (Å²) in [4.78, 5) is 16.6. The van der Waals surface area contributed by atoms with Crippen LogP contribution in [-0.2, 0) is 19.4 Å². The predicted octanol–water partition coefficient (Wildman–Crippen LogP) is 3.34. The summed E-state index contributed by atoms with van der Waals surface area (Å²) in [6.45, 7) is 0.357. The molecule has 0 radical (unpaired) electrons. The van der Waals surface area contributed by atoms with Crippen LogP contribution in [0.5, 0.6) is 0 Å². The van der Waals surface area contributed by atoms with Crippen molar-refractivity contribution < 1.29 is 9.32 Å². The molecule has 0 fully saturated rings. The molecule has 3 aromatic heterocycles. The highest BCUT2D eigenvalue weighted by Crippen LogP contribution is 2.28. The van der Waals surface area contributed by atoms with Crippen molar-refractivity contribution in [2.75, 3.05) is 0 Å². The van der Waals surface area contributed by atoms with Gasteiger partial charge in [-0.3, -0.25) is 9.78 Å². The first-order valence-electron chi connectivity index (χ1n) is 9.60. The van der Waals surface area contributed by atoms with Gasteiger partial charge in [0.2, 0.25) is 0 Å². The minimum absolute atomic E-state index is 0.239. The number of fused-ring (bicyclic) bond motifs is 1. The van der Waals surface area contributed by atoms with Gasteiger partial charge in [0.1, 0.15) is 0 Å². The lowest BCUT2D eigenvalue weighted by molar-refractivity contribution is 0.0941. The summed E-state index contributed by atoms with van der Waals surface area (Å²) >= 11 is 0. The van der Waals surface area contributed by atoms with Gasteiger partial charge >= 0.3 is 0 Å². The first-order chi connectivity index (χ1) is 14.3. The number of pyridine rings is 1. The Morgan fingerprint density at radius 3 is 2.86 bits per heavy atom. The maximum absolute atomic E-state index is 12.6. The largest absolute Gasteiger partial charge is 0.355 e. The lowest BCUT2D eigenvalue weighted by Crippen LogP contribution is -2.23. The third-order valence-electron chi connectivity index (χ3n) is 5.12. The van der Waals surface area contributed by atoms with Gasteiger partial charge in [0, 0.05) is 29.7 Å². The number of rotatable bonds is 5. The van der Waals surface area contributed by atoms with E-state index in [0.29, 0.717) is 12.3 Å². The number of nitrogens with one attached hydrogen (secondary N) is 1. The number of aromatic nitrogens is 4. The van der Waals surface area contributed by atoms with E-state index >= 15 is 0 Å². The molecule has 1 aromatic carbocycles. The zero-order chi connectivity index (χ0) is 19.6. The number of carbonyl (C=O) groups excluding carboxylic acids is 1. The standard InChI is InChI=1S/C22H19N5O2/c28-22(18-12-21(29-26-18)15-6-5-11-23-13-15)24-14-19-17-9-4-10-20(17)27(25-19)16-7-2-1-3-8-16/h1-3,5-8,11-13H,4,9-10,14H2,(H,24,28). The lowest BCUT2D eigenvalue weighted by Gasteiger charge is -2.05. The van der Waals surface area contributed by atoms with Gasteiger partial charge in [-0.1, -0.05) is 23.4 Å². The highest BCUT2D eigenvalue weighted by atomic mass is 16.5. The van der Waals surface area contributed by atoms with Crippen molar-refractivity contribution in [2.45, 2.75) is 25.8 Å². The maximum Gasteiger partial charge on any atom is 0.273 e. The van der Waals surface area contributed by atoms with E-state index in [1.165, 1.54) is 11.3 Å². The Morgan fingerprint density at radius 2 is 2.03 bits per heavy atom. The van der Waals surface area contributed by atoms with E-state index in [1.54, 1.807) is 24.5 Å². The Balaban J connectivity index is 1.33. The molecule has 1 N–H and O–H groups in total. The van der Waals surface area contributed by atoms with E-state index in [4.69, 9.17) is 9.62 Å². The Hall–Kier alpha value is -3.74. The third kappa shape index (κ3) is 3.31. The Labute approximate surface area is 167 Å². The van der Waals surface area contributed by atoms with Gasteiger partial charge in [-0.25, -0.2) is 4.68 Å². The molecule has 4 aromatic rings. The van der Waals surface area contributed by atoms with Crippen molar-refractivity contribution >= 4 is 5.91 Å². The Bertz CT molecular complexity index is 1150. The fourth-order valence-corrected chi connectivity index (χ4v) is 3.72. The molecule has 1 aliphatic carbocycles. The molecular weight excluding hydrogens is 366 g/mol. The van der Waals surface area contributed by atoms with Gasteiger partial charge in [-0.15, -0.1) is 0 Å². The Morgan fingerprint density at radius 1 is 1.14 bits per heavy atom. The number of benzene rings is 1. The molecule has 29 heavy (non-hydrogen) atoms. The zero-order valence-electron chi connectivity index (χ0n) is 15.7. The first-order valence-corrected chi connectivity index (χ1v) is 9.60. The fourth-order valence-electron chi connectivity index (χ4n) is 3.72. The molecular formula is C22H19N5O2. The second kappa shape index (κ2) is 7.35. The molecule has 1 aliphatic rings. The molecule has 0 saturated heterocycles. The summed E-state index contributed by atoms with van der Waals surface area (Å²) in [5.74, 6) is 0.224. The molecule has 0 spiro atoms. The Kier molecular flexibility index (Phi) is 4.40. The second-order valence-electron chi connectivity index (χ2n) is 6.97. The molecule has 0 bridgehead atoms. The molecule has 3 heterocycles. The van der Waals surface area contributed by atoms with Gasteiger partial charge in [-0.2, -0.15) is 5.10 Å². The fraction of sp³-hybridized carbons (Fsp3) is 0.182. The van der Waals surface area contributed by atoms with Gasteiger partial charge in [0.05, 0.1) is 17.9 Å². The number of carbonyl (C=O) groups is 1. The number of hydrogen-bond acceptors (Lipinski definition) is 5. The monoisotopic (exact) mass is 385 g/mol. The van der Waals surface area contributed by atoms with E-state index < -0.39 is 0 Å². The van der Waals surface area contributed by atoms with Crippen LogP contribution in [-0.4, -0.2) is 25.8 Å². The number of hydrogen-bond donors (Lipinski definition) is 1. The van der Waals surface area contributed by atoms with Crippen LogP contribution >= 0.6 is 0 Å². The molecule has 0 aliphatic heterocycles. The van der Waals surface area contributed by atoms with Crippen LogP contribution in [0.1, 0.15) is 33.9 Å². The molecule has 144 valence electrons. The number of nitrogens with zero attached hydrogens (tertiary/aromatic N) is 4. The van der Waals surface area contributed by atoms with Crippen molar-refractivity contribution in [2.24, 2.45) is 0 Å². The van der Waals surface area contributed by atoms with Crippen molar-refractivity contribution in [1.82, 2.24) is 25.2 Å². The smallest absolute Gasteiger partial charge is 0.273 e. The summed E-state index contributed by atoms with van der Waals surface area (Å²) in [5, 5.41) is 11.6. The first kappa shape index (κ1) is 17.4. The predicted molar refractivity (Wildman–Crippen MR) is 106 cm³/mol. The topological polar surface area (TPSA) is 85.8 Å². The summed E-state index contributed by atoms with van der Waals surface area (Å²) in [5.41, 5.74) is 5.44. The molecule has 7 heteroatoms. The molecule has 0 unspecified atom stereocenters. The van der Waals surface area contributed by atoms with Crippen molar-refractivity contribution in [3.63, 3.8) is 0 Å². The summed E-state index contributed by atoms with van der Waals surface area (Å²) in [7, 11) is 0. The van der Waals surface area contributed by atoms with Crippen LogP contribution in [0.15, 0.2) is 65.4 Å². The van der Waals surface area contributed by atoms with Gasteiger partial charge < -0.3 is 9.84 Å². The third-order valence-corrected chi connectivity index (χ3v) is 5.12. The van der Waals surface area contributed by atoms with Crippen molar-refractivity contribution in [3.8, 4) is 17.0 Å². The minimum Gasteiger partial charge on any atom is -0.355 e. The van der Waals surface area contributed by atoms with Gasteiger partial charge in [0.25, 0.3) is 5.91 Å². The van der Waals surface area contributed by atoms with E-state index in [0.717, 1.165) is 36.2 Å². The van der Waals surface area contributed by atoms with E-state index in [-0.39, 0.29) is 11.6 Å². The highest BCUT2D eigenvalue weighted by molar-refractivity contribution is 5.93. The van der Waals surface area contributed by atoms with E-state index in [1.807, 2.05) is 41.1 Å². The normalized spacial score (nSPS) is 12.7. The maximum atomic E-state index is 12.6. The number of amides is 1. The molecule has 5 rings (SSSR count). The molecule has 0 atom stereocenters. The molecule has 1 amide bonds. The number of para-hydroxylation sites is 1. The van der Waals surface area contributed by atoms with Crippen LogP contribution in [0.3, 0.4) is 0 Å². The quantitative estimate of drug-likeness (QED) is 0.569. The van der Waals surface area contributed by atoms with Crippen LogP contribution in [0.25, 0.3) is 17.0 Å². The summed E-state index contributed by atoms with van der Waals surface area (Å²) < 4.78 is 7.29. The average molecular weight is 385 g/mol. The lowest BCUT2D eigenvalue weighted by atomic mass is 10.2.